The van der Waals surface area contributed by atoms with E-state index in [0.29, 0.717) is 5.41 Å². The van der Waals surface area contributed by atoms with Gasteiger partial charge in [-0.1, -0.05) is 52.0 Å². The van der Waals surface area contributed by atoms with E-state index in [2.05, 4.69) is 29.6 Å². The van der Waals surface area contributed by atoms with Crippen molar-refractivity contribution in [2.24, 2.45) is 5.41 Å². The molecular weight excluding hydrogens is 230 g/mol. The first-order chi connectivity index (χ1) is 9.38. The van der Waals surface area contributed by atoms with Crippen LogP contribution in [0.4, 0.5) is 0 Å². The third kappa shape index (κ3) is 4.07. The van der Waals surface area contributed by atoms with E-state index in [1.165, 1.54) is 45.2 Å². The van der Waals surface area contributed by atoms with E-state index in [4.69, 9.17) is 0 Å². The number of rotatable bonds is 0. The van der Waals surface area contributed by atoms with Crippen LogP contribution in [-0.2, 0) is 12.8 Å². The van der Waals surface area contributed by atoms with Crippen LogP contribution in [0, 0.1) is 5.41 Å². The lowest BCUT2D eigenvalue weighted by atomic mass is 9.66. The van der Waals surface area contributed by atoms with Gasteiger partial charge in [-0.05, 0) is 61.7 Å². The lowest BCUT2D eigenvalue weighted by Gasteiger charge is -2.41. The number of piperidine rings is 1. The minimum absolute atomic E-state index is 0.638. The molecule has 0 amide bonds. The molecule has 1 heterocycles. The van der Waals surface area contributed by atoms with Crippen molar-refractivity contribution in [2.45, 2.75) is 59.8 Å². The molecule has 0 unspecified atom stereocenters. The number of hydrogen-bond acceptors (Lipinski definition) is 1. The van der Waals surface area contributed by atoms with Gasteiger partial charge in [0.2, 0.25) is 0 Å². The second-order valence-electron chi connectivity index (χ2n) is 5.20. The van der Waals surface area contributed by atoms with Crippen LogP contribution < -0.4 is 5.32 Å². The second-order valence-corrected chi connectivity index (χ2v) is 5.20. The Kier molecular flexibility index (Phi) is 7.15. The Morgan fingerprint density at radius 3 is 2.05 bits per heavy atom. The van der Waals surface area contributed by atoms with E-state index < -0.39 is 0 Å². The fourth-order valence-electron chi connectivity index (χ4n) is 3.25. The van der Waals surface area contributed by atoms with E-state index in [1.807, 2.05) is 27.7 Å². The Morgan fingerprint density at radius 2 is 1.42 bits per heavy atom. The van der Waals surface area contributed by atoms with Crippen molar-refractivity contribution < 1.29 is 0 Å². The van der Waals surface area contributed by atoms with Crippen molar-refractivity contribution in [1.29, 1.82) is 0 Å². The largest absolute Gasteiger partial charge is 0.317 e. The van der Waals surface area contributed by atoms with Crippen molar-refractivity contribution in [3.05, 3.63) is 35.4 Å². The summed E-state index contributed by atoms with van der Waals surface area (Å²) in [6.45, 7) is 10.4. The zero-order valence-electron chi connectivity index (χ0n) is 13.3. The Balaban J connectivity index is 0.000000415. The predicted octanol–water partition coefficient (Wildman–Crippen LogP) is 4.60. The summed E-state index contributed by atoms with van der Waals surface area (Å²) >= 11 is 0. The molecule has 1 aliphatic carbocycles. The van der Waals surface area contributed by atoms with E-state index in [-0.39, 0.29) is 0 Å². The van der Waals surface area contributed by atoms with Crippen LogP contribution in [0.2, 0.25) is 0 Å². The summed E-state index contributed by atoms with van der Waals surface area (Å²) in [4.78, 5) is 0. The van der Waals surface area contributed by atoms with Gasteiger partial charge >= 0.3 is 0 Å². The molecule has 1 aromatic carbocycles. The maximum absolute atomic E-state index is 3.48. The number of fused-ring (bicyclic) bond motifs is 1. The first kappa shape index (κ1) is 16.2. The number of aryl methyl sites for hydroxylation is 1. The summed E-state index contributed by atoms with van der Waals surface area (Å²) < 4.78 is 0. The van der Waals surface area contributed by atoms with Crippen LogP contribution >= 0.6 is 0 Å². The fraction of sp³-hybridized carbons (Fsp3) is 0.667. The third-order valence-electron chi connectivity index (χ3n) is 4.27. The summed E-state index contributed by atoms with van der Waals surface area (Å²) in [7, 11) is 0. The first-order valence-corrected chi connectivity index (χ1v) is 8.16. The average molecular weight is 261 g/mol. The third-order valence-corrected chi connectivity index (χ3v) is 4.27. The van der Waals surface area contributed by atoms with E-state index in [1.54, 1.807) is 11.1 Å². The highest BCUT2D eigenvalue weighted by atomic mass is 14.9. The smallest absolute Gasteiger partial charge is 0.00435 e. The fourth-order valence-corrected chi connectivity index (χ4v) is 3.25. The van der Waals surface area contributed by atoms with Gasteiger partial charge in [-0.2, -0.15) is 0 Å². The molecule has 0 radical (unpaired) electrons. The second kappa shape index (κ2) is 8.37. The van der Waals surface area contributed by atoms with Gasteiger partial charge in [0.05, 0.1) is 0 Å². The normalized spacial score (nSPS) is 19.4. The van der Waals surface area contributed by atoms with Gasteiger partial charge in [0.15, 0.2) is 0 Å². The molecule has 0 saturated carbocycles. The van der Waals surface area contributed by atoms with Crippen molar-refractivity contribution in [1.82, 2.24) is 5.32 Å². The van der Waals surface area contributed by atoms with Gasteiger partial charge in [0.1, 0.15) is 0 Å². The molecule has 1 spiro atoms. The minimum Gasteiger partial charge on any atom is -0.317 e. The Morgan fingerprint density at radius 1 is 0.842 bits per heavy atom. The van der Waals surface area contributed by atoms with Crippen LogP contribution in [0.25, 0.3) is 0 Å². The van der Waals surface area contributed by atoms with Crippen molar-refractivity contribution in [3.63, 3.8) is 0 Å². The van der Waals surface area contributed by atoms with Gasteiger partial charge < -0.3 is 5.32 Å². The molecule has 1 nitrogen and oxygen atoms in total. The average Bonchev–Trinajstić information content (AvgIpc) is 2.52. The Labute approximate surface area is 119 Å². The Bertz CT molecular complexity index is 350. The molecular formula is C18H31N. The Hall–Kier alpha value is -0.820. The summed E-state index contributed by atoms with van der Waals surface area (Å²) in [5.74, 6) is 0. The van der Waals surface area contributed by atoms with Crippen LogP contribution in [0.3, 0.4) is 0 Å². The van der Waals surface area contributed by atoms with Gasteiger partial charge in [0.25, 0.3) is 0 Å². The topological polar surface area (TPSA) is 12.0 Å². The molecule has 1 saturated heterocycles. The van der Waals surface area contributed by atoms with Crippen LogP contribution in [0.1, 0.15) is 58.1 Å². The highest BCUT2D eigenvalue weighted by molar-refractivity contribution is 5.31. The standard InChI is InChI=1S/C14H19N.2C2H6/c1-2-4-13-11-14(6-5-12(13)3-1)7-9-15-10-8-14;2*1-2/h1-4,15H,5-11H2;2*1-2H3. The highest BCUT2D eigenvalue weighted by Gasteiger charge is 2.34. The summed E-state index contributed by atoms with van der Waals surface area (Å²) in [6.07, 6.45) is 6.79. The van der Waals surface area contributed by atoms with Crippen molar-refractivity contribution in [3.8, 4) is 0 Å². The number of benzene rings is 1. The molecule has 1 aromatic rings. The zero-order chi connectivity index (χ0) is 14.1. The molecule has 0 bridgehead atoms. The molecule has 1 heteroatoms. The van der Waals surface area contributed by atoms with Crippen molar-refractivity contribution in [2.75, 3.05) is 13.1 Å². The molecule has 108 valence electrons. The van der Waals surface area contributed by atoms with Crippen LogP contribution in [0.15, 0.2) is 24.3 Å². The SMILES string of the molecule is CC.CC.c1ccc2c(c1)CCC1(CCNCC1)C2. The molecule has 0 atom stereocenters. The maximum atomic E-state index is 3.48. The van der Waals surface area contributed by atoms with E-state index in [0.717, 1.165) is 0 Å². The van der Waals surface area contributed by atoms with Gasteiger partial charge in [-0.15, -0.1) is 0 Å². The van der Waals surface area contributed by atoms with E-state index in [9.17, 15) is 0 Å². The summed E-state index contributed by atoms with van der Waals surface area (Å²) in [5, 5.41) is 3.48. The number of hydrogen-bond donors (Lipinski definition) is 1. The quantitative estimate of drug-likeness (QED) is 0.720. The lowest BCUT2D eigenvalue weighted by molar-refractivity contribution is 0.174. The molecule has 0 aromatic heterocycles. The minimum atomic E-state index is 0.638. The molecule has 19 heavy (non-hydrogen) atoms. The lowest BCUT2D eigenvalue weighted by Crippen LogP contribution is -2.40. The molecule has 3 rings (SSSR count). The molecule has 1 fully saturated rings. The van der Waals surface area contributed by atoms with Gasteiger partial charge in [-0.3, -0.25) is 0 Å². The predicted molar refractivity (Wildman–Crippen MR) is 85.7 cm³/mol. The zero-order valence-corrected chi connectivity index (χ0v) is 13.3. The van der Waals surface area contributed by atoms with Crippen LogP contribution in [-0.4, -0.2) is 13.1 Å². The molecule has 1 aliphatic heterocycles. The van der Waals surface area contributed by atoms with Gasteiger partial charge in [0, 0.05) is 0 Å². The van der Waals surface area contributed by atoms with Crippen molar-refractivity contribution >= 4 is 0 Å². The summed E-state index contributed by atoms with van der Waals surface area (Å²) in [5.41, 5.74) is 3.85. The highest BCUT2D eigenvalue weighted by Crippen LogP contribution is 2.41. The van der Waals surface area contributed by atoms with Gasteiger partial charge in [-0.25, -0.2) is 0 Å². The molecule has 1 N–H and O–H groups in total. The maximum Gasteiger partial charge on any atom is -0.00435 e. The number of nitrogens with one attached hydrogen (secondary N) is 1. The van der Waals surface area contributed by atoms with E-state index >= 15 is 0 Å². The van der Waals surface area contributed by atoms with Crippen LogP contribution in [0.5, 0.6) is 0 Å². The first-order valence-electron chi connectivity index (χ1n) is 8.16. The summed E-state index contributed by atoms with van der Waals surface area (Å²) in [6, 6.07) is 9.01. The monoisotopic (exact) mass is 261 g/mol. The molecule has 2 aliphatic rings.